The van der Waals surface area contributed by atoms with E-state index in [1.54, 1.807) is 12.1 Å². The normalized spacial score (nSPS) is 10.0. The van der Waals surface area contributed by atoms with Gasteiger partial charge in [-0.15, -0.1) is 0 Å². The molecule has 1 aromatic carbocycles. The number of nitrogens with zero attached hydrogens (tertiary/aromatic N) is 2. The van der Waals surface area contributed by atoms with Crippen molar-refractivity contribution in [1.29, 1.82) is 0 Å². The van der Waals surface area contributed by atoms with Gasteiger partial charge in [0.25, 0.3) is 0 Å². The van der Waals surface area contributed by atoms with Gasteiger partial charge in [-0.1, -0.05) is 0 Å². The van der Waals surface area contributed by atoms with Gasteiger partial charge in [0.15, 0.2) is 0 Å². The van der Waals surface area contributed by atoms with Crippen LogP contribution in [0.4, 0.5) is 5.69 Å². The van der Waals surface area contributed by atoms with Crippen molar-refractivity contribution in [3.05, 3.63) is 40.6 Å². The Morgan fingerprint density at radius 2 is 2.19 bits per heavy atom. The van der Waals surface area contributed by atoms with Crippen LogP contribution < -0.4 is 3.02 Å². The van der Waals surface area contributed by atoms with Crippen LogP contribution in [-0.2, 0) is 3.02 Å². The van der Waals surface area contributed by atoms with Crippen LogP contribution >= 0.6 is 0 Å². The van der Waals surface area contributed by atoms with Gasteiger partial charge in [0.2, 0.25) is 0 Å². The Morgan fingerprint density at radius 1 is 1.38 bits per heavy atom. The van der Waals surface area contributed by atoms with E-state index in [1.807, 2.05) is 0 Å². The van der Waals surface area contributed by atoms with E-state index in [9.17, 15) is 13.1 Å². The first-order valence-electron chi connectivity index (χ1n) is 4.26. The van der Waals surface area contributed by atoms with Crippen LogP contribution in [0, 0.1) is 10.1 Å². The summed E-state index contributed by atoms with van der Waals surface area (Å²) in [5.74, 6) is 0.327. The molecule has 0 saturated carbocycles. The molecular formula is C9H5N2O4Sb. The van der Waals surface area contributed by atoms with E-state index in [0.717, 1.165) is 0 Å². The number of fused-ring (bicyclic) bond motifs is 1. The van der Waals surface area contributed by atoms with E-state index in [0.29, 0.717) is 16.7 Å². The second-order valence-corrected chi connectivity index (χ2v) is 3.85. The van der Waals surface area contributed by atoms with Crippen molar-refractivity contribution in [3.63, 3.8) is 0 Å². The Bertz CT molecular complexity index is 572. The molecule has 0 aliphatic rings. The summed E-state index contributed by atoms with van der Waals surface area (Å²) in [4.78, 5) is 14.3. The topological polar surface area (TPSA) is 82.3 Å². The Labute approximate surface area is 101 Å². The molecule has 0 unspecified atom stereocenters. The number of nitro benzene ring substituents is 1. The van der Waals surface area contributed by atoms with Crippen molar-refractivity contribution >= 4 is 38.6 Å². The van der Waals surface area contributed by atoms with E-state index < -0.39 is 26.9 Å². The maximum absolute atomic E-state index is 10.8. The zero-order valence-corrected chi connectivity index (χ0v) is 10.4. The van der Waals surface area contributed by atoms with Crippen LogP contribution in [0.15, 0.2) is 30.5 Å². The number of benzene rings is 1. The average Bonchev–Trinajstić information content (AvgIpc) is 2.29. The van der Waals surface area contributed by atoms with E-state index in [4.69, 9.17) is 3.02 Å². The first-order valence-corrected chi connectivity index (χ1v) is 6.34. The summed E-state index contributed by atoms with van der Waals surface area (Å²) >= 11 is -1.95. The van der Waals surface area contributed by atoms with Gasteiger partial charge in [0.1, 0.15) is 0 Å². The quantitative estimate of drug-likeness (QED) is 0.485. The minimum absolute atomic E-state index is 0.0376. The van der Waals surface area contributed by atoms with Gasteiger partial charge in [-0.3, -0.25) is 0 Å². The number of hydrogen-bond acceptors (Lipinski definition) is 5. The third-order valence-corrected chi connectivity index (χ3v) is 2.82. The molecule has 6 nitrogen and oxygen atoms in total. The van der Waals surface area contributed by atoms with Crippen LogP contribution in [0.2, 0.25) is 0 Å². The fraction of sp³-hybridized carbons (Fsp3) is 0. The van der Waals surface area contributed by atoms with Gasteiger partial charge in [-0.05, 0) is 0 Å². The average molecular weight is 327 g/mol. The molecule has 0 saturated heterocycles. The Balaban J connectivity index is 2.76. The Morgan fingerprint density at radius 3 is 2.88 bits per heavy atom. The zero-order chi connectivity index (χ0) is 11.5. The third kappa shape index (κ3) is 1.88. The molecule has 16 heavy (non-hydrogen) atoms. The standard InChI is InChI=1S/C9H6N2O3.O.Sb/c12-8-4-3-7(11(13)14)6-2-1-5-10-9(6)8;;/h1-5,12H;;/q;;+1/p-1. The summed E-state index contributed by atoms with van der Waals surface area (Å²) in [6.45, 7) is 0. The van der Waals surface area contributed by atoms with E-state index >= 15 is 0 Å². The van der Waals surface area contributed by atoms with Crippen molar-refractivity contribution in [2.75, 3.05) is 0 Å². The number of aromatic nitrogens is 1. The molecule has 1 aromatic heterocycles. The summed E-state index contributed by atoms with van der Waals surface area (Å²) in [6, 6.07) is 5.93. The van der Waals surface area contributed by atoms with Crippen molar-refractivity contribution in [2.24, 2.45) is 0 Å². The number of rotatable bonds is 3. The predicted molar refractivity (Wildman–Crippen MR) is 55.5 cm³/mol. The fourth-order valence-corrected chi connectivity index (χ4v) is 2.05. The van der Waals surface area contributed by atoms with E-state index in [2.05, 4.69) is 4.98 Å². The summed E-state index contributed by atoms with van der Waals surface area (Å²) in [7, 11) is 0. The van der Waals surface area contributed by atoms with Crippen molar-refractivity contribution in [3.8, 4) is 5.75 Å². The molecule has 0 spiro atoms. The van der Waals surface area contributed by atoms with E-state index in [1.165, 1.54) is 18.3 Å². The molecule has 80 valence electrons. The Kier molecular flexibility index (Phi) is 3.10. The maximum atomic E-state index is 10.8. The molecule has 0 bridgehead atoms. The molecule has 0 N–H and O–H groups in total. The van der Waals surface area contributed by atoms with Gasteiger partial charge in [0, 0.05) is 0 Å². The van der Waals surface area contributed by atoms with Gasteiger partial charge >= 0.3 is 101 Å². The molecule has 2 aromatic rings. The number of nitro groups is 1. The fourth-order valence-electron chi connectivity index (χ4n) is 1.40. The van der Waals surface area contributed by atoms with Crippen molar-refractivity contribution < 1.29 is 11.0 Å². The van der Waals surface area contributed by atoms with Crippen LogP contribution in [0.25, 0.3) is 10.9 Å². The molecule has 0 amide bonds. The third-order valence-electron chi connectivity index (χ3n) is 2.04. The van der Waals surface area contributed by atoms with E-state index in [-0.39, 0.29) is 5.69 Å². The number of non-ortho nitro benzene ring substituents is 1. The summed E-state index contributed by atoms with van der Waals surface area (Å²) in [6.07, 6.45) is 1.51. The first kappa shape index (κ1) is 10.9. The van der Waals surface area contributed by atoms with Crippen LogP contribution in [0.3, 0.4) is 0 Å². The summed E-state index contributed by atoms with van der Waals surface area (Å²) in [5.41, 5.74) is 0.326. The van der Waals surface area contributed by atoms with Crippen LogP contribution in [0.5, 0.6) is 5.75 Å². The van der Waals surface area contributed by atoms with Crippen LogP contribution in [0.1, 0.15) is 0 Å². The number of hydrogen-bond donors (Lipinski definition) is 0. The van der Waals surface area contributed by atoms with Gasteiger partial charge in [-0.2, -0.15) is 0 Å². The van der Waals surface area contributed by atoms with Crippen LogP contribution in [-0.4, -0.2) is 31.9 Å². The molecular weight excluding hydrogens is 322 g/mol. The Hall–Kier alpha value is -1.55. The van der Waals surface area contributed by atoms with Gasteiger partial charge in [-0.25, -0.2) is 0 Å². The molecule has 1 heterocycles. The molecule has 0 aliphatic carbocycles. The van der Waals surface area contributed by atoms with Crippen molar-refractivity contribution in [1.82, 2.24) is 4.98 Å². The van der Waals surface area contributed by atoms with Gasteiger partial charge in [0.05, 0.1) is 0 Å². The summed E-state index contributed by atoms with van der Waals surface area (Å²) in [5, 5.41) is 11.2. The monoisotopic (exact) mass is 326 g/mol. The summed E-state index contributed by atoms with van der Waals surface area (Å²) < 4.78 is 15.5. The molecule has 0 fully saturated rings. The number of pyridine rings is 1. The first-order chi connectivity index (χ1) is 7.74. The zero-order valence-electron chi connectivity index (χ0n) is 7.86. The molecule has 0 aliphatic heterocycles. The minimum atomic E-state index is -1.95. The van der Waals surface area contributed by atoms with Gasteiger partial charge < -0.3 is 0 Å². The SMILES string of the molecule is [O]=[Sb][O]c1ccc([N+](=O)[O-])c2cccnc12. The second kappa shape index (κ2) is 4.53. The molecule has 0 atom stereocenters. The molecule has 0 radical (unpaired) electrons. The second-order valence-electron chi connectivity index (χ2n) is 2.91. The molecule has 2 rings (SSSR count). The van der Waals surface area contributed by atoms with Crippen molar-refractivity contribution in [2.45, 2.75) is 0 Å². The predicted octanol–water partition coefficient (Wildman–Crippen LogP) is 1.49. The molecule has 7 heteroatoms.